The Labute approximate surface area is 333 Å². The lowest BCUT2D eigenvalue weighted by Gasteiger charge is -2.60. The Kier molecular flexibility index (Phi) is 8.68. The van der Waals surface area contributed by atoms with E-state index in [1.165, 1.54) is 26.7 Å². The lowest BCUT2D eigenvalue weighted by Crippen LogP contribution is -2.80. The number of anilines is 1. The lowest BCUT2D eigenvalue weighted by atomic mass is 9.49. The van der Waals surface area contributed by atoms with Gasteiger partial charge in [0, 0.05) is 79.5 Å². The van der Waals surface area contributed by atoms with Gasteiger partial charge < -0.3 is 38.8 Å². The molecule has 9 rings (SSSR count). The fourth-order valence-corrected chi connectivity index (χ4v) is 12.8. The van der Waals surface area contributed by atoms with Crippen molar-refractivity contribution in [2.45, 2.75) is 87.5 Å². The van der Waals surface area contributed by atoms with Crippen LogP contribution in [0.1, 0.15) is 68.8 Å². The van der Waals surface area contributed by atoms with Gasteiger partial charge in [-0.25, -0.2) is 4.79 Å². The van der Waals surface area contributed by atoms with E-state index in [0.29, 0.717) is 37.1 Å². The number of para-hydroxylation sites is 1. The predicted octanol–water partition coefficient (Wildman–Crippen LogP) is 4.75. The summed E-state index contributed by atoms with van der Waals surface area (Å²) in [5.41, 5.74) is 1.09. The van der Waals surface area contributed by atoms with Gasteiger partial charge in [-0.05, 0) is 67.5 Å². The number of benzene rings is 2. The third-order valence-electron chi connectivity index (χ3n) is 14.8. The summed E-state index contributed by atoms with van der Waals surface area (Å²) in [6, 6.07) is 11.1. The van der Waals surface area contributed by atoms with Gasteiger partial charge in [0.15, 0.2) is 6.10 Å². The van der Waals surface area contributed by atoms with Gasteiger partial charge in [-0.3, -0.25) is 14.5 Å². The molecule has 0 unspecified atom stereocenters. The van der Waals surface area contributed by atoms with E-state index in [2.05, 4.69) is 46.0 Å². The van der Waals surface area contributed by atoms with E-state index in [9.17, 15) is 14.7 Å². The molecule has 6 heterocycles. The van der Waals surface area contributed by atoms with Crippen LogP contribution >= 0.6 is 0 Å². The number of nitrogens with zero attached hydrogens (tertiary/aromatic N) is 3. The second kappa shape index (κ2) is 13.1. The zero-order valence-electron chi connectivity index (χ0n) is 34.0. The molecule has 0 amide bonds. The van der Waals surface area contributed by atoms with Gasteiger partial charge in [0.05, 0.1) is 38.8 Å². The molecule has 5 aliphatic heterocycles. The van der Waals surface area contributed by atoms with E-state index in [0.717, 1.165) is 65.9 Å². The van der Waals surface area contributed by atoms with Crippen molar-refractivity contribution < 1.29 is 38.4 Å². The molecule has 2 N–H and O–H groups in total. The normalized spacial score (nSPS) is 34.6. The van der Waals surface area contributed by atoms with E-state index in [4.69, 9.17) is 18.9 Å². The number of ether oxygens (including phenoxy) is 4. The zero-order valence-corrected chi connectivity index (χ0v) is 34.0. The Balaban J connectivity index is 1.36. The van der Waals surface area contributed by atoms with Crippen LogP contribution in [-0.2, 0) is 45.8 Å². The molecule has 3 aromatic rings. The number of hydrogen-bond acceptors (Lipinski definition) is 11. The molecule has 12 heteroatoms. The maximum absolute atomic E-state index is 15.2. The first-order chi connectivity index (χ1) is 27.4. The summed E-state index contributed by atoms with van der Waals surface area (Å²) >= 11 is 0. The highest BCUT2D eigenvalue weighted by molar-refractivity contribution is 5.95. The summed E-state index contributed by atoms with van der Waals surface area (Å²) in [5.74, 6) is -1.32. The third kappa shape index (κ3) is 4.77. The lowest BCUT2D eigenvalue weighted by molar-refractivity contribution is -0.224. The predicted molar refractivity (Wildman–Crippen MR) is 214 cm³/mol. The van der Waals surface area contributed by atoms with Crippen molar-refractivity contribution in [3.05, 3.63) is 82.7 Å². The number of fused-ring (bicyclic) bond motifs is 6. The fraction of sp³-hybridized carbons (Fsp3) is 0.533. The Morgan fingerprint density at radius 1 is 1.00 bits per heavy atom. The number of esters is 3. The van der Waals surface area contributed by atoms with Crippen molar-refractivity contribution in [1.82, 2.24) is 14.8 Å². The number of carbonyl (C=O) groups is 3. The van der Waals surface area contributed by atoms with Crippen LogP contribution in [0.3, 0.4) is 0 Å². The number of aliphatic hydroxyl groups is 1. The molecule has 2 bridgehead atoms. The second-order valence-corrected chi connectivity index (χ2v) is 17.2. The van der Waals surface area contributed by atoms with Gasteiger partial charge >= 0.3 is 17.9 Å². The number of likely N-dealkylation sites (N-methyl/N-ethyl adjacent to an activating group) is 1. The molecule has 2 aromatic carbocycles. The number of hydrogen-bond donors (Lipinski definition) is 2. The van der Waals surface area contributed by atoms with Crippen LogP contribution in [0.5, 0.6) is 5.75 Å². The Bertz CT molecular complexity index is 2250. The average Bonchev–Trinajstić information content (AvgIpc) is 3.97. The Morgan fingerprint density at radius 2 is 1.77 bits per heavy atom. The molecular weight excluding hydrogens is 725 g/mol. The van der Waals surface area contributed by atoms with Gasteiger partial charge in [-0.1, -0.05) is 49.8 Å². The highest BCUT2D eigenvalue weighted by Crippen LogP contribution is 2.69. The molecule has 1 saturated carbocycles. The van der Waals surface area contributed by atoms with Crippen molar-refractivity contribution in [3.8, 4) is 5.75 Å². The summed E-state index contributed by atoms with van der Waals surface area (Å²) in [6.45, 7) is 8.71. The SMILES string of the molecule is CCC1=C[C@@H]2C[N@@](CCc3c([nH]c4ccccc34)[C@@](C(=O)OC)(c3cc4c(cc3OC)N(C)[C@H]3[C@@](O)(C(=O)OC)[C@H](OC(C)=O)[C@]5(CC)C=CN6CC[C@]43[C@@H]65)C2)C1. The van der Waals surface area contributed by atoms with Crippen molar-refractivity contribution in [2.24, 2.45) is 11.3 Å². The van der Waals surface area contributed by atoms with Crippen LogP contribution in [0.25, 0.3) is 10.9 Å². The first-order valence-corrected chi connectivity index (χ1v) is 20.4. The van der Waals surface area contributed by atoms with Crippen molar-refractivity contribution in [1.29, 1.82) is 0 Å². The Morgan fingerprint density at radius 3 is 2.47 bits per heavy atom. The zero-order chi connectivity index (χ0) is 40.2. The molecule has 1 aliphatic carbocycles. The average molecular weight is 779 g/mol. The maximum atomic E-state index is 15.2. The van der Waals surface area contributed by atoms with Crippen molar-refractivity contribution in [3.63, 3.8) is 0 Å². The van der Waals surface area contributed by atoms with Gasteiger partial charge in [-0.15, -0.1) is 0 Å². The summed E-state index contributed by atoms with van der Waals surface area (Å²) in [4.78, 5) is 53.0. The quantitative estimate of drug-likeness (QED) is 0.196. The van der Waals surface area contributed by atoms with E-state index in [-0.39, 0.29) is 17.9 Å². The Hall–Kier alpha value is -4.81. The minimum Gasteiger partial charge on any atom is -0.496 e. The third-order valence-corrected chi connectivity index (χ3v) is 14.8. The number of methoxy groups -OCH3 is 3. The highest BCUT2D eigenvalue weighted by atomic mass is 16.6. The fourth-order valence-electron chi connectivity index (χ4n) is 12.8. The maximum Gasteiger partial charge on any atom is 0.344 e. The molecule has 1 saturated heterocycles. The molecule has 302 valence electrons. The van der Waals surface area contributed by atoms with Crippen LogP contribution in [0.4, 0.5) is 5.69 Å². The van der Waals surface area contributed by atoms with Crippen LogP contribution in [0, 0.1) is 11.3 Å². The van der Waals surface area contributed by atoms with E-state index < -0.39 is 45.9 Å². The van der Waals surface area contributed by atoms with Gasteiger partial charge in [0.1, 0.15) is 11.2 Å². The standard InChI is InChI=1S/C45H54N4O8/c1-8-27-20-28-23-44(40(51)55-6,36-30(14-17-48(24-27)25-28)29-12-10-11-13-33(29)46-36)32-21-31-34(22-35(32)54-5)47(4)38-43(31)16-19-49-18-15-42(9-2,37(43)49)39(57-26(3)50)45(38,53)41(52)56-7/h10-13,15,18,20-22,28,37-39,46,53H,8-9,14,16-17,19,23-25H2,1-7H3/t28-,37-,38+,39+,42+,43+,44-,45-/m0/s1. The number of aromatic nitrogens is 1. The van der Waals surface area contributed by atoms with Gasteiger partial charge in [0.2, 0.25) is 5.60 Å². The molecule has 9 atom stereocenters. The number of aromatic amines is 1. The molecule has 2 fully saturated rings. The van der Waals surface area contributed by atoms with Crippen LogP contribution < -0.4 is 9.64 Å². The largest absolute Gasteiger partial charge is 0.496 e. The first kappa shape index (κ1) is 37.7. The first-order valence-electron chi connectivity index (χ1n) is 20.4. The van der Waals surface area contributed by atoms with Gasteiger partial charge in [0.25, 0.3) is 0 Å². The van der Waals surface area contributed by atoms with E-state index >= 15 is 4.79 Å². The number of carbonyl (C=O) groups excluding carboxylic acids is 3. The van der Waals surface area contributed by atoms with Crippen molar-refractivity contribution >= 4 is 34.5 Å². The van der Waals surface area contributed by atoms with Gasteiger partial charge in [-0.2, -0.15) is 0 Å². The van der Waals surface area contributed by atoms with Crippen LogP contribution in [0.15, 0.2) is 60.3 Å². The number of nitrogens with one attached hydrogen (secondary N) is 1. The monoisotopic (exact) mass is 778 g/mol. The molecule has 12 nitrogen and oxygen atoms in total. The molecule has 1 spiro atoms. The molecular formula is C45H54N4O8. The summed E-state index contributed by atoms with van der Waals surface area (Å²) < 4.78 is 23.9. The molecule has 1 aromatic heterocycles. The molecule has 57 heavy (non-hydrogen) atoms. The minimum absolute atomic E-state index is 0.0223. The highest BCUT2D eigenvalue weighted by Gasteiger charge is 2.81. The summed E-state index contributed by atoms with van der Waals surface area (Å²) in [7, 11) is 6.22. The number of H-pyrrole nitrogens is 1. The smallest absolute Gasteiger partial charge is 0.344 e. The second-order valence-electron chi connectivity index (χ2n) is 17.2. The van der Waals surface area contributed by atoms with Crippen molar-refractivity contribution in [2.75, 3.05) is 59.5 Å². The van der Waals surface area contributed by atoms with E-state index in [1.54, 1.807) is 7.11 Å². The van der Waals surface area contributed by atoms with Crippen LogP contribution in [0.2, 0.25) is 0 Å². The van der Waals surface area contributed by atoms with Crippen LogP contribution in [-0.4, -0.2) is 116 Å². The van der Waals surface area contributed by atoms with E-state index in [1.807, 2.05) is 49.3 Å². The minimum atomic E-state index is -2.27. The summed E-state index contributed by atoms with van der Waals surface area (Å²) in [6.07, 6.45) is 8.35. The molecule has 0 radical (unpaired) electrons. The summed E-state index contributed by atoms with van der Waals surface area (Å²) in [5, 5.41) is 14.3. The molecule has 6 aliphatic rings. The number of rotatable bonds is 7. The topological polar surface area (TPSA) is 134 Å².